The van der Waals surface area contributed by atoms with Crippen molar-refractivity contribution in [3.63, 3.8) is 0 Å². The second-order valence-electron chi connectivity index (χ2n) is 6.20. The Labute approximate surface area is 164 Å². The number of benzene rings is 2. The number of halogens is 1. The molecule has 1 N–H and O–H groups in total. The summed E-state index contributed by atoms with van der Waals surface area (Å²) in [5.74, 6) is -0.0976. The maximum Gasteiger partial charge on any atom is 0.251 e. The highest BCUT2D eigenvalue weighted by molar-refractivity contribution is 6.31. The zero-order valence-electron chi connectivity index (χ0n) is 15.2. The number of nitrogens with one attached hydrogen (secondary N) is 1. The Hall–Kier alpha value is -2.85. The Bertz CT molecular complexity index is 882. The van der Waals surface area contributed by atoms with Gasteiger partial charge in [0, 0.05) is 48.3 Å². The normalized spacial score (nSPS) is 10.4. The summed E-state index contributed by atoms with van der Waals surface area (Å²) in [6.07, 6.45) is 3.46. The number of anilines is 1. The molecule has 0 saturated carbocycles. The summed E-state index contributed by atoms with van der Waals surface area (Å²) in [4.78, 5) is 18.6. The molecule has 0 unspecified atom stereocenters. The standard InChI is InChI=1S/C22H22ClN3O/c1-2-26(16-19-7-3-4-8-21(19)23)20-11-9-18(10-12-20)22(27)25-15-17-6-5-13-24-14-17/h3-14H,2,15-16H2,1H3,(H,25,27). The van der Waals surface area contributed by atoms with E-state index in [1.54, 1.807) is 12.4 Å². The van der Waals surface area contributed by atoms with Crippen molar-refractivity contribution in [2.45, 2.75) is 20.0 Å². The molecule has 1 aromatic heterocycles. The van der Waals surface area contributed by atoms with E-state index in [-0.39, 0.29) is 5.91 Å². The van der Waals surface area contributed by atoms with E-state index in [2.05, 4.69) is 22.1 Å². The van der Waals surface area contributed by atoms with Crippen LogP contribution in [0, 0.1) is 0 Å². The third-order valence-corrected chi connectivity index (χ3v) is 4.74. The molecule has 0 atom stereocenters. The lowest BCUT2D eigenvalue weighted by Crippen LogP contribution is -2.24. The smallest absolute Gasteiger partial charge is 0.251 e. The van der Waals surface area contributed by atoms with E-state index < -0.39 is 0 Å². The van der Waals surface area contributed by atoms with E-state index in [0.717, 1.165) is 34.9 Å². The zero-order valence-corrected chi connectivity index (χ0v) is 16.0. The molecule has 0 aliphatic heterocycles. The topological polar surface area (TPSA) is 45.2 Å². The Morgan fingerprint density at radius 2 is 1.85 bits per heavy atom. The van der Waals surface area contributed by atoms with E-state index in [9.17, 15) is 4.79 Å². The number of hydrogen-bond donors (Lipinski definition) is 1. The van der Waals surface area contributed by atoms with Crippen molar-refractivity contribution in [3.8, 4) is 0 Å². The molecule has 0 bridgehead atoms. The fourth-order valence-corrected chi connectivity index (χ4v) is 3.02. The molecule has 0 aliphatic rings. The summed E-state index contributed by atoms with van der Waals surface area (Å²) in [6, 6.07) is 19.3. The molecule has 1 amide bonds. The van der Waals surface area contributed by atoms with Crippen molar-refractivity contribution in [1.82, 2.24) is 10.3 Å². The number of pyridine rings is 1. The van der Waals surface area contributed by atoms with Crippen LogP contribution in [0.25, 0.3) is 0 Å². The largest absolute Gasteiger partial charge is 0.367 e. The molecular formula is C22H22ClN3O. The first-order valence-corrected chi connectivity index (χ1v) is 9.30. The van der Waals surface area contributed by atoms with Crippen LogP contribution in [0.5, 0.6) is 0 Å². The predicted octanol–water partition coefficient (Wildman–Crippen LogP) is 4.69. The molecule has 3 aromatic rings. The van der Waals surface area contributed by atoms with Crippen LogP contribution in [0.4, 0.5) is 5.69 Å². The van der Waals surface area contributed by atoms with Crippen molar-refractivity contribution < 1.29 is 4.79 Å². The lowest BCUT2D eigenvalue weighted by molar-refractivity contribution is 0.0951. The second-order valence-corrected chi connectivity index (χ2v) is 6.60. The number of nitrogens with zero attached hydrogens (tertiary/aromatic N) is 2. The predicted molar refractivity (Wildman–Crippen MR) is 110 cm³/mol. The summed E-state index contributed by atoms with van der Waals surface area (Å²) >= 11 is 6.28. The van der Waals surface area contributed by atoms with Crippen LogP contribution in [0.3, 0.4) is 0 Å². The van der Waals surface area contributed by atoms with Gasteiger partial charge in [-0.2, -0.15) is 0 Å². The van der Waals surface area contributed by atoms with Crippen molar-refractivity contribution in [3.05, 3.63) is 94.8 Å². The van der Waals surface area contributed by atoms with Crippen molar-refractivity contribution in [1.29, 1.82) is 0 Å². The van der Waals surface area contributed by atoms with Gasteiger partial charge in [-0.1, -0.05) is 35.9 Å². The summed E-state index contributed by atoms with van der Waals surface area (Å²) < 4.78 is 0. The van der Waals surface area contributed by atoms with Crippen LogP contribution < -0.4 is 10.2 Å². The number of rotatable bonds is 7. The van der Waals surface area contributed by atoms with Crippen LogP contribution in [-0.4, -0.2) is 17.4 Å². The third-order valence-electron chi connectivity index (χ3n) is 4.37. The maximum absolute atomic E-state index is 12.3. The Balaban J connectivity index is 1.64. The highest BCUT2D eigenvalue weighted by Crippen LogP contribution is 2.22. The van der Waals surface area contributed by atoms with Gasteiger partial charge in [-0.3, -0.25) is 9.78 Å². The molecule has 2 aromatic carbocycles. The van der Waals surface area contributed by atoms with Crippen LogP contribution in [-0.2, 0) is 13.1 Å². The molecule has 138 valence electrons. The molecule has 0 radical (unpaired) electrons. The van der Waals surface area contributed by atoms with Crippen LogP contribution in [0.2, 0.25) is 5.02 Å². The lowest BCUT2D eigenvalue weighted by Gasteiger charge is -2.24. The SMILES string of the molecule is CCN(Cc1ccccc1Cl)c1ccc(C(=O)NCc2cccnc2)cc1. The molecule has 4 nitrogen and oxygen atoms in total. The van der Waals surface area contributed by atoms with Gasteiger partial charge < -0.3 is 10.2 Å². The quantitative estimate of drug-likeness (QED) is 0.647. The van der Waals surface area contributed by atoms with Crippen LogP contribution in [0.15, 0.2) is 73.1 Å². The van der Waals surface area contributed by atoms with Gasteiger partial charge in [-0.25, -0.2) is 0 Å². The van der Waals surface area contributed by atoms with Gasteiger partial charge >= 0.3 is 0 Å². The number of carbonyl (C=O) groups excluding carboxylic acids is 1. The van der Waals surface area contributed by atoms with Gasteiger partial charge in [-0.15, -0.1) is 0 Å². The van der Waals surface area contributed by atoms with E-state index >= 15 is 0 Å². The first-order chi connectivity index (χ1) is 13.2. The first kappa shape index (κ1) is 18.9. The van der Waals surface area contributed by atoms with Gasteiger partial charge in [0.25, 0.3) is 5.91 Å². The number of hydrogen-bond acceptors (Lipinski definition) is 3. The fraction of sp³-hybridized carbons (Fsp3) is 0.182. The number of amides is 1. The minimum Gasteiger partial charge on any atom is -0.367 e. The molecule has 0 aliphatic carbocycles. The molecule has 3 rings (SSSR count). The average molecular weight is 380 g/mol. The average Bonchev–Trinajstić information content (AvgIpc) is 2.72. The number of aromatic nitrogens is 1. The lowest BCUT2D eigenvalue weighted by atomic mass is 10.1. The molecule has 5 heteroatoms. The highest BCUT2D eigenvalue weighted by atomic mass is 35.5. The Morgan fingerprint density at radius 3 is 2.52 bits per heavy atom. The molecule has 0 spiro atoms. The van der Waals surface area contributed by atoms with Gasteiger partial charge in [-0.05, 0) is 54.4 Å². The van der Waals surface area contributed by atoms with E-state index in [1.807, 2.05) is 60.7 Å². The fourth-order valence-electron chi connectivity index (χ4n) is 2.83. The monoisotopic (exact) mass is 379 g/mol. The Morgan fingerprint density at radius 1 is 1.07 bits per heavy atom. The third kappa shape index (κ3) is 5.08. The van der Waals surface area contributed by atoms with Crippen LogP contribution >= 0.6 is 11.6 Å². The molecule has 27 heavy (non-hydrogen) atoms. The van der Waals surface area contributed by atoms with Crippen molar-refractivity contribution in [2.75, 3.05) is 11.4 Å². The van der Waals surface area contributed by atoms with Gasteiger partial charge in [0.1, 0.15) is 0 Å². The van der Waals surface area contributed by atoms with E-state index in [1.165, 1.54) is 0 Å². The van der Waals surface area contributed by atoms with Crippen LogP contribution in [0.1, 0.15) is 28.4 Å². The summed E-state index contributed by atoms with van der Waals surface area (Å²) in [6.45, 7) is 4.13. The van der Waals surface area contributed by atoms with Crippen molar-refractivity contribution in [2.24, 2.45) is 0 Å². The molecule has 0 saturated heterocycles. The molecule has 1 heterocycles. The number of carbonyl (C=O) groups is 1. The van der Waals surface area contributed by atoms with E-state index in [4.69, 9.17) is 11.6 Å². The minimum atomic E-state index is -0.0976. The summed E-state index contributed by atoms with van der Waals surface area (Å²) in [5, 5.41) is 3.68. The molecular weight excluding hydrogens is 358 g/mol. The second kappa shape index (κ2) is 9.19. The zero-order chi connectivity index (χ0) is 19.1. The highest BCUT2D eigenvalue weighted by Gasteiger charge is 2.10. The first-order valence-electron chi connectivity index (χ1n) is 8.93. The minimum absolute atomic E-state index is 0.0976. The Kier molecular flexibility index (Phi) is 6.44. The van der Waals surface area contributed by atoms with Gasteiger partial charge in [0.05, 0.1) is 0 Å². The van der Waals surface area contributed by atoms with E-state index in [0.29, 0.717) is 12.1 Å². The maximum atomic E-state index is 12.3. The molecule has 0 fully saturated rings. The van der Waals surface area contributed by atoms with Crippen molar-refractivity contribution >= 4 is 23.2 Å². The van der Waals surface area contributed by atoms with Gasteiger partial charge in [0.15, 0.2) is 0 Å². The van der Waals surface area contributed by atoms with Gasteiger partial charge in [0.2, 0.25) is 0 Å². The summed E-state index contributed by atoms with van der Waals surface area (Å²) in [7, 11) is 0. The summed E-state index contributed by atoms with van der Waals surface area (Å²) in [5.41, 5.74) is 3.75.